The lowest BCUT2D eigenvalue weighted by Crippen LogP contribution is -2.30. The van der Waals surface area contributed by atoms with Crippen LogP contribution < -0.4 is 9.64 Å². The van der Waals surface area contributed by atoms with Crippen molar-refractivity contribution in [3.8, 4) is 5.75 Å². The van der Waals surface area contributed by atoms with Crippen LogP contribution >= 0.6 is 11.6 Å². The quantitative estimate of drug-likeness (QED) is 0.681. The van der Waals surface area contributed by atoms with Gasteiger partial charge >= 0.3 is 0 Å². The number of hydrogen-bond donors (Lipinski definition) is 0. The fourth-order valence-electron chi connectivity index (χ4n) is 1.59. The monoisotopic (exact) mass is 272 g/mol. The lowest BCUT2D eigenvalue weighted by molar-refractivity contribution is 0.204. The van der Waals surface area contributed by atoms with Crippen LogP contribution in [0.2, 0.25) is 0 Å². The van der Waals surface area contributed by atoms with E-state index in [4.69, 9.17) is 21.1 Å². The maximum atomic E-state index is 5.83. The van der Waals surface area contributed by atoms with Crippen molar-refractivity contribution in [2.45, 2.75) is 20.0 Å². The number of halogens is 1. The summed E-state index contributed by atoms with van der Waals surface area (Å²) in [6, 6.07) is 3.80. The zero-order chi connectivity index (χ0) is 13.4. The molecular weight excluding hydrogens is 252 g/mol. The summed E-state index contributed by atoms with van der Waals surface area (Å²) in [5, 5.41) is 0. The Bertz CT molecular complexity index is 348. The summed E-state index contributed by atoms with van der Waals surface area (Å²) in [6.07, 6.45) is 1.88. The molecule has 0 aliphatic rings. The van der Waals surface area contributed by atoms with Gasteiger partial charge < -0.3 is 14.4 Å². The number of rotatable bonds is 8. The van der Waals surface area contributed by atoms with Crippen LogP contribution in [0.15, 0.2) is 18.3 Å². The van der Waals surface area contributed by atoms with E-state index < -0.39 is 0 Å². The number of pyridine rings is 1. The average molecular weight is 273 g/mol. The molecule has 18 heavy (non-hydrogen) atoms. The third-order valence-electron chi connectivity index (χ3n) is 2.33. The van der Waals surface area contributed by atoms with E-state index in [0.29, 0.717) is 12.5 Å². The Morgan fingerprint density at radius 3 is 2.78 bits per heavy atom. The van der Waals surface area contributed by atoms with E-state index in [1.807, 2.05) is 26.0 Å². The summed E-state index contributed by atoms with van der Waals surface area (Å²) >= 11 is 5.83. The SMILES string of the molecule is COCCN(CCCl)c1ncccc1OC(C)C. The molecule has 0 aliphatic heterocycles. The van der Waals surface area contributed by atoms with Gasteiger partial charge in [-0.15, -0.1) is 11.6 Å². The highest BCUT2D eigenvalue weighted by Crippen LogP contribution is 2.26. The fourth-order valence-corrected chi connectivity index (χ4v) is 1.80. The van der Waals surface area contributed by atoms with Gasteiger partial charge in [0.2, 0.25) is 0 Å². The van der Waals surface area contributed by atoms with E-state index in [1.165, 1.54) is 0 Å². The number of aromatic nitrogens is 1. The van der Waals surface area contributed by atoms with Gasteiger partial charge in [0.15, 0.2) is 11.6 Å². The van der Waals surface area contributed by atoms with Gasteiger partial charge in [0.25, 0.3) is 0 Å². The van der Waals surface area contributed by atoms with Crippen LogP contribution in [-0.2, 0) is 4.74 Å². The number of alkyl halides is 1. The fraction of sp³-hybridized carbons (Fsp3) is 0.615. The molecule has 0 aliphatic carbocycles. The molecule has 0 bridgehead atoms. The summed E-state index contributed by atoms with van der Waals surface area (Å²) < 4.78 is 10.9. The molecule has 0 atom stereocenters. The molecule has 0 saturated heterocycles. The first-order valence-corrected chi connectivity index (χ1v) is 6.64. The molecular formula is C13H21ClN2O2. The maximum absolute atomic E-state index is 5.83. The van der Waals surface area contributed by atoms with Crippen LogP contribution in [0.4, 0.5) is 5.82 Å². The van der Waals surface area contributed by atoms with Crippen molar-refractivity contribution in [3.63, 3.8) is 0 Å². The summed E-state index contributed by atoms with van der Waals surface area (Å²) in [5.74, 6) is 2.15. The van der Waals surface area contributed by atoms with Crippen molar-refractivity contribution in [2.24, 2.45) is 0 Å². The molecule has 0 aromatic carbocycles. The van der Waals surface area contributed by atoms with Crippen molar-refractivity contribution >= 4 is 17.4 Å². The zero-order valence-corrected chi connectivity index (χ0v) is 12.0. The molecule has 0 spiro atoms. The summed E-state index contributed by atoms with van der Waals surface area (Å²) in [6.45, 7) is 6.09. The second-order valence-corrected chi connectivity index (χ2v) is 4.54. The predicted octanol–water partition coefficient (Wildman–Crippen LogP) is 2.56. The molecule has 5 heteroatoms. The number of hydrogen-bond acceptors (Lipinski definition) is 4. The minimum absolute atomic E-state index is 0.119. The molecule has 1 aromatic rings. The van der Waals surface area contributed by atoms with Gasteiger partial charge in [0.1, 0.15) is 0 Å². The minimum atomic E-state index is 0.119. The van der Waals surface area contributed by atoms with Gasteiger partial charge in [-0.05, 0) is 26.0 Å². The molecule has 1 rings (SSSR count). The second-order valence-electron chi connectivity index (χ2n) is 4.16. The maximum Gasteiger partial charge on any atom is 0.171 e. The first-order valence-electron chi connectivity index (χ1n) is 6.10. The molecule has 0 saturated carbocycles. The highest BCUT2D eigenvalue weighted by Gasteiger charge is 2.13. The van der Waals surface area contributed by atoms with Crippen molar-refractivity contribution in [1.82, 2.24) is 4.98 Å². The van der Waals surface area contributed by atoms with E-state index in [2.05, 4.69) is 9.88 Å². The molecule has 102 valence electrons. The lowest BCUT2D eigenvalue weighted by Gasteiger charge is -2.25. The number of methoxy groups -OCH3 is 1. The highest BCUT2D eigenvalue weighted by molar-refractivity contribution is 6.18. The average Bonchev–Trinajstić information content (AvgIpc) is 2.35. The zero-order valence-electron chi connectivity index (χ0n) is 11.2. The van der Waals surface area contributed by atoms with E-state index in [-0.39, 0.29) is 6.10 Å². The van der Waals surface area contributed by atoms with E-state index >= 15 is 0 Å². The summed E-state index contributed by atoms with van der Waals surface area (Å²) in [7, 11) is 1.68. The van der Waals surface area contributed by atoms with Crippen molar-refractivity contribution < 1.29 is 9.47 Å². The van der Waals surface area contributed by atoms with E-state index in [1.54, 1.807) is 13.3 Å². The Balaban J connectivity index is 2.87. The number of ether oxygens (including phenoxy) is 2. The smallest absolute Gasteiger partial charge is 0.171 e. The van der Waals surface area contributed by atoms with Crippen LogP contribution in [-0.4, -0.2) is 43.8 Å². The van der Waals surface area contributed by atoms with Crippen LogP contribution in [0.1, 0.15) is 13.8 Å². The van der Waals surface area contributed by atoms with Gasteiger partial charge in [-0.2, -0.15) is 0 Å². The summed E-state index contributed by atoms with van der Waals surface area (Å²) in [4.78, 5) is 6.47. The molecule has 0 radical (unpaired) electrons. The van der Waals surface area contributed by atoms with Crippen LogP contribution in [0.25, 0.3) is 0 Å². The molecule has 0 fully saturated rings. The summed E-state index contributed by atoms with van der Waals surface area (Å²) in [5.41, 5.74) is 0. The Morgan fingerprint density at radius 2 is 2.17 bits per heavy atom. The Morgan fingerprint density at radius 1 is 1.39 bits per heavy atom. The van der Waals surface area contributed by atoms with Crippen LogP contribution in [0.5, 0.6) is 5.75 Å². The van der Waals surface area contributed by atoms with E-state index in [0.717, 1.165) is 24.7 Å². The second kappa shape index (κ2) is 8.16. The molecule has 0 unspecified atom stereocenters. The van der Waals surface area contributed by atoms with E-state index in [9.17, 15) is 0 Å². The molecule has 4 nitrogen and oxygen atoms in total. The Labute approximate surface area is 114 Å². The lowest BCUT2D eigenvalue weighted by atomic mass is 10.3. The van der Waals surface area contributed by atoms with Crippen LogP contribution in [0.3, 0.4) is 0 Å². The normalized spacial score (nSPS) is 10.7. The van der Waals surface area contributed by atoms with Crippen molar-refractivity contribution in [2.75, 3.05) is 37.6 Å². The highest BCUT2D eigenvalue weighted by atomic mass is 35.5. The molecule has 0 amide bonds. The van der Waals surface area contributed by atoms with Gasteiger partial charge in [-0.1, -0.05) is 0 Å². The first-order chi connectivity index (χ1) is 8.69. The standard InChI is InChI=1S/C13H21ClN2O2/c1-11(2)18-12-5-4-7-15-13(12)16(8-6-14)9-10-17-3/h4-5,7,11H,6,8-10H2,1-3H3. The van der Waals surface area contributed by atoms with Gasteiger partial charge in [-0.3, -0.25) is 0 Å². The number of anilines is 1. The minimum Gasteiger partial charge on any atom is -0.487 e. The number of nitrogens with zero attached hydrogens (tertiary/aromatic N) is 2. The van der Waals surface area contributed by atoms with Gasteiger partial charge in [0, 0.05) is 32.3 Å². The van der Waals surface area contributed by atoms with Crippen molar-refractivity contribution in [1.29, 1.82) is 0 Å². The Kier molecular flexibility index (Phi) is 6.83. The molecule has 1 aromatic heterocycles. The third kappa shape index (κ3) is 4.70. The predicted molar refractivity (Wildman–Crippen MR) is 74.8 cm³/mol. The topological polar surface area (TPSA) is 34.6 Å². The Hall–Kier alpha value is -1.00. The van der Waals surface area contributed by atoms with Crippen molar-refractivity contribution in [3.05, 3.63) is 18.3 Å². The van der Waals surface area contributed by atoms with Crippen LogP contribution in [0, 0.1) is 0 Å². The largest absolute Gasteiger partial charge is 0.487 e. The molecule has 1 heterocycles. The third-order valence-corrected chi connectivity index (χ3v) is 2.50. The first kappa shape index (κ1) is 15.1. The molecule has 0 N–H and O–H groups in total. The van der Waals surface area contributed by atoms with Gasteiger partial charge in [0.05, 0.1) is 12.7 Å². The van der Waals surface area contributed by atoms with Gasteiger partial charge in [-0.25, -0.2) is 4.98 Å².